The van der Waals surface area contributed by atoms with Gasteiger partial charge in [-0.15, -0.1) is 0 Å². The van der Waals surface area contributed by atoms with Crippen molar-refractivity contribution in [3.63, 3.8) is 0 Å². The molecule has 0 aromatic heterocycles. The van der Waals surface area contributed by atoms with Crippen LogP contribution in [0.15, 0.2) is 120 Å². The van der Waals surface area contributed by atoms with Gasteiger partial charge in [0.15, 0.2) is 46.5 Å². The molecule has 0 saturated carbocycles. The van der Waals surface area contributed by atoms with Crippen molar-refractivity contribution in [2.24, 2.45) is 0 Å². The van der Waals surface area contributed by atoms with Crippen molar-refractivity contribution >= 4 is 58.8 Å². The highest BCUT2D eigenvalue weighted by atomic mass is 31.1. The van der Waals surface area contributed by atoms with Gasteiger partial charge < -0.3 is 0 Å². The molecule has 318 valence electrons. The minimum Gasteiger partial charge on any atom is -0.203 e. The number of hydrogen-bond acceptors (Lipinski definition) is 4. The van der Waals surface area contributed by atoms with Crippen molar-refractivity contribution in [1.82, 2.24) is 0 Å². The Bertz CT molecular complexity index is 3350. The van der Waals surface area contributed by atoms with Crippen LogP contribution in [0.1, 0.15) is 22.3 Å². The molecule has 16 heteroatoms. The largest absolute Gasteiger partial charge is 0.203 e. The Morgan fingerprint density at radius 1 is 0.303 bits per heavy atom. The molecule has 4 nitrogen and oxygen atoms in total. The Morgan fingerprint density at radius 3 is 0.955 bits per heavy atom. The predicted octanol–water partition coefficient (Wildman–Crippen LogP) is 10.3. The van der Waals surface area contributed by atoms with E-state index in [0.717, 1.165) is 28.0 Å². The molecular weight excluding hydrogens is 909 g/mol. The maximum atomic E-state index is 15.7. The zero-order valence-electron chi connectivity index (χ0n) is 32.9. The molecule has 7 aromatic carbocycles. The van der Waals surface area contributed by atoms with Crippen molar-refractivity contribution in [3.8, 4) is 46.5 Å². The molecule has 0 saturated heterocycles. The zero-order valence-corrected chi connectivity index (χ0v) is 34.6. The van der Waals surface area contributed by atoms with Gasteiger partial charge in [0, 0.05) is 11.1 Å². The van der Waals surface area contributed by atoms with Gasteiger partial charge in [-0.05, 0) is 106 Å². The van der Waals surface area contributed by atoms with Gasteiger partial charge in [0.05, 0.1) is 10.6 Å². The van der Waals surface area contributed by atoms with E-state index in [9.17, 15) is 47.4 Å². The average molecular weight is 927 g/mol. The van der Waals surface area contributed by atoms with E-state index in [-0.39, 0.29) is 39.0 Å². The first kappa shape index (κ1) is 43.4. The Hall–Kier alpha value is -7.86. The summed E-state index contributed by atoms with van der Waals surface area (Å²) in [5.74, 6) is -26.0. The van der Waals surface area contributed by atoms with Gasteiger partial charge in [-0.3, -0.25) is 0 Å². The van der Waals surface area contributed by atoms with Crippen molar-refractivity contribution in [1.29, 1.82) is 21.0 Å². The standard InChI is InChI=1S/C50H18F10N4P2/c51-39-41(53)45(57)49(46(58)42(39)54)66(50-47(59)43(55)40(52)44(56)48(50)60)28-12-14-30-32-17-31-29-13-11-27(65(25-7-3-1-4-8-25)26-9-5-2-6-10-26)15-33(29)37(23(19-61)20-62)35(31)18-36(32)38(34(30)16-28)24(21-63)22-64/h1-18H. The molecule has 0 radical (unpaired) electrons. The van der Waals surface area contributed by atoms with E-state index in [4.69, 9.17) is 0 Å². The predicted molar refractivity (Wildman–Crippen MR) is 229 cm³/mol. The smallest absolute Gasteiger partial charge is 0.200 e. The summed E-state index contributed by atoms with van der Waals surface area (Å²) in [4.78, 5) is 0. The molecule has 9 rings (SSSR count). The third-order valence-electron chi connectivity index (χ3n) is 11.1. The number of hydrogen-bond donors (Lipinski definition) is 0. The lowest BCUT2D eigenvalue weighted by atomic mass is 9.93. The quantitative estimate of drug-likeness (QED) is 0.0546. The minimum absolute atomic E-state index is 0.118. The van der Waals surface area contributed by atoms with Gasteiger partial charge in [-0.25, -0.2) is 43.9 Å². The van der Waals surface area contributed by atoms with Crippen LogP contribution in [0, 0.1) is 103 Å². The lowest BCUT2D eigenvalue weighted by Gasteiger charge is -2.23. The van der Waals surface area contributed by atoms with Gasteiger partial charge in [-0.2, -0.15) is 21.0 Å². The zero-order chi connectivity index (χ0) is 46.9. The van der Waals surface area contributed by atoms with Gasteiger partial charge in [-0.1, -0.05) is 84.9 Å². The second-order valence-corrected chi connectivity index (χ2v) is 18.8. The van der Waals surface area contributed by atoms with Crippen molar-refractivity contribution in [2.45, 2.75) is 0 Å². The third-order valence-corrected chi connectivity index (χ3v) is 16.0. The molecule has 66 heavy (non-hydrogen) atoms. The van der Waals surface area contributed by atoms with Crippen LogP contribution in [-0.2, 0) is 0 Å². The number of allylic oxidation sites excluding steroid dienone is 2. The van der Waals surface area contributed by atoms with Crippen LogP contribution in [0.5, 0.6) is 0 Å². The van der Waals surface area contributed by atoms with E-state index in [0.29, 0.717) is 22.3 Å². The molecule has 0 bridgehead atoms. The summed E-state index contributed by atoms with van der Waals surface area (Å²) in [7, 11) is -5.09. The van der Waals surface area contributed by atoms with Crippen LogP contribution in [0.25, 0.3) is 33.4 Å². The van der Waals surface area contributed by atoms with E-state index >= 15 is 17.6 Å². The number of benzene rings is 7. The summed E-state index contributed by atoms with van der Waals surface area (Å²) in [5, 5.41) is 39.5. The number of rotatable bonds is 6. The monoisotopic (exact) mass is 926 g/mol. The molecule has 0 unspecified atom stereocenters. The van der Waals surface area contributed by atoms with Crippen LogP contribution >= 0.6 is 15.8 Å². The van der Waals surface area contributed by atoms with Crippen molar-refractivity contribution in [2.75, 3.05) is 0 Å². The highest BCUT2D eigenvalue weighted by molar-refractivity contribution is 7.80. The highest BCUT2D eigenvalue weighted by Gasteiger charge is 2.40. The van der Waals surface area contributed by atoms with Gasteiger partial charge in [0.1, 0.15) is 35.4 Å². The van der Waals surface area contributed by atoms with Crippen molar-refractivity contribution < 1.29 is 43.9 Å². The second-order valence-electron chi connectivity index (χ2n) is 14.5. The van der Waals surface area contributed by atoms with E-state index in [1.54, 1.807) is 18.2 Å². The Kier molecular flexibility index (Phi) is 10.9. The molecule has 0 amide bonds. The normalized spacial score (nSPS) is 11.9. The van der Waals surface area contributed by atoms with Crippen molar-refractivity contribution in [3.05, 3.63) is 201 Å². The molecule has 0 aliphatic heterocycles. The van der Waals surface area contributed by atoms with Gasteiger partial charge in [0.25, 0.3) is 0 Å². The fraction of sp³-hybridized carbons (Fsp3) is 0. The highest BCUT2D eigenvalue weighted by Crippen LogP contribution is 2.54. The summed E-state index contributed by atoms with van der Waals surface area (Å²) >= 11 is 0. The Labute approximate surface area is 370 Å². The molecule has 0 atom stereocenters. The molecule has 0 N–H and O–H groups in total. The summed E-state index contributed by atoms with van der Waals surface area (Å²) in [6, 6.07) is 38.6. The molecule has 2 aliphatic rings. The van der Waals surface area contributed by atoms with Crippen LogP contribution in [-0.4, -0.2) is 0 Å². The summed E-state index contributed by atoms with van der Waals surface area (Å²) in [6.45, 7) is 0. The van der Waals surface area contributed by atoms with E-state index in [1.165, 1.54) is 12.1 Å². The maximum absolute atomic E-state index is 15.7. The molecule has 0 fully saturated rings. The lowest BCUT2D eigenvalue weighted by molar-refractivity contribution is 0.383. The topological polar surface area (TPSA) is 95.2 Å². The SMILES string of the molecule is N#CC(C#N)=C1c2cc(P(c3ccccc3)c3ccccc3)ccc2-c2cc3c(cc21)C(=C(C#N)C#N)c1cc(P(c2c(F)c(F)c(F)c(F)c2F)c2c(F)c(F)c(F)c(F)c2F)ccc1-3. The number of nitriles is 4. The Balaban J connectivity index is 1.30. The molecule has 0 heterocycles. The summed E-state index contributed by atoms with van der Waals surface area (Å²) in [6.07, 6.45) is 0. The number of fused-ring (bicyclic) bond motifs is 6. The van der Waals surface area contributed by atoms with E-state index < -0.39 is 95.5 Å². The first-order valence-corrected chi connectivity index (χ1v) is 21.8. The first-order chi connectivity index (χ1) is 31.8. The maximum Gasteiger partial charge on any atom is 0.200 e. The minimum atomic E-state index is -3.91. The average Bonchev–Trinajstić information content (AvgIpc) is 3.82. The molecule has 2 aliphatic carbocycles. The second kappa shape index (κ2) is 16.6. The van der Waals surface area contributed by atoms with Crippen LogP contribution in [0.4, 0.5) is 43.9 Å². The van der Waals surface area contributed by atoms with Crippen LogP contribution in [0.2, 0.25) is 0 Å². The number of halogens is 10. The molecule has 0 spiro atoms. The summed E-state index contributed by atoms with van der Waals surface area (Å²) in [5.41, 5.74) is 1.38. The van der Waals surface area contributed by atoms with E-state index in [1.807, 2.05) is 91.0 Å². The van der Waals surface area contributed by atoms with Gasteiger partial charge >= 0.3 is 0 Å². The Morgan fingerprint density at radius 2 is 0.606 bits per heavy atom. The van der Waals surface area contributed by atoms with Crippen LogP contribution < -0.4 is 31.8 Å². The van der Waals surface area contributed by atoms with Crippen LogP contribution in [0.3, 0.4) is 0 Å². The fourth-order valence-corrected chi connectivity index (χ4v) is 13.1. The molecular formula is C50H18F10N4P2. The third kappa shape index (κ3) is 6.49. The fourth-order valence-electron chi connectivity index (χ4n) is 8.34. The van der Waals surface area contributed by atoms with Gasteiger partial charge in [0.2, 0.25) is 11.6 Å². The lowest BCUT2D eigenvalue weighted by Crippen LogP contribution is -2.33. The number of nitrogens with zero attached hydrogens (tertiary/aromatic N) is 4. The first-order valence-electron chi connectivity index (χ1n) is 19.1. The summed E-state index contributed by atoms with van der Waals surface area (Å²) < 4.78 is 150. The molecule has 7 aromatic rings. The van der Waals surface area contributed by atoms with E-state index in [2.05, 4.69) is 0 Å².